The van der Waals surface area contributed by atoms with E-state index in [1.807, 2.05) is 55.4 Å². The number of carbonyl (C=O) groups is 1. The molecule has 0 bridgehead atoms. The molecular weight excluding hydrogens is 560 g/mol. The van der Waals surface area contributed by atoms with E-state index in [1.165, 1.54) is 27.8 Å². The summed E-state index contributed by atoms with van der Waals surface area (Å²) in [6.07, 6.45) is 0.677. The number of aromatic nitrogens is 1. The summed E-state index contributed by atoms with van der Waals surface area (Å²) in [5, 5.41) is 0.556. The van der Waals surface area contributed by atoms with Crippen LogP contribution >= 0.6 is 23.7 Å². The van der Waals surface area contributed by atoms with Crippen LogP contribution in [0.2, 0.25) is 0 Å². The van der Waals surface area contributed by atoms with E-state index in [1.54, 1.807) is 17.0 Å². The third kappa shape index (κ3) is 5.03. The number of rotatable bonds is 7. The predicted molar refractivity (Wildman–Crippen MR) is 154 cm³/mol. The first-order valence-electron chi connectivity index (χ1n) is 12.2. The number of amides is 1. The van der Waals surface area contributed by atoms with E-state index in [0.717, 1.165) is 15.8 Å². The number of sulfonamides is 1. The van der Waals surface area contributed by atoms with Gasteiger partial charge in [-0.3, -0.25) is 14.0 Å². The minimum Gasteiger partial charge on any atom is -0.454 e. The maximum Gasteiger partial charge on any atom is 0.264 e. The van der Waals surface area contributed by atoms with Crippen LogP contribution < -0.4 is 18.7 Å². The molecule has 2 aliphatic heterocycles. The summed E-state index contributed by atoms with van der Waals surface area (Å²) in [6, 6.07) is 17.4. The number of benzene rings is 3. The molecule has 0 spiro atoms. The summed E-state index contributed by atoms with van der Waals surface area (Å²) < 4.78 is 40.1. The van der Waals surface area contributed by atoms with Gasteiger partial charge in [0.2, 0.25) is 6.79 Å². The first-order valence-corrected chi connectivity index (χ1v) is 14.4. The summed E-state index contributed by atoms with van der Waals surface area (Å²) in [5.41, 5.74) is 2.83. The molecule has 1 amide bonds. The molecule has 39 heavy (non-hydrogen) atoms. The number of nitrogens with zero attached hydrogens (tertiary/aromatic N) is 4. The number of hydrogen-bond donors (Lipinski definition) is 0. The van der Waals surface area contributed by atoms with E-state index in [9.17, 15) is 13.2 Å². The van der Waals surface area contributed by atoms with Gasteiger partial charge in [0.25, 0.3) is 15.9 Å². The van der Waals surface area contributed by atoms with E-state index >= 15 is 0 Å². The molecule has 9 nitrogen and oxygen atoms in total. The molecule has 1 aromatic heterocycles. The Kier molecular flexibility index (Phi) is 7.43. The summed E-state index contributed by atoms with van der Waals surface area (Å²) >= 11 is 1.40. The third-order valence-electron chi connectivity index (χ3n) is 6.65. The molecule has 0 radical (unpaired) electrons. The van der Waals surface area contributed by atoms with Crippen LogP contribution in [-0.2, 0) is 16.4 Å². The predicted octanol–water partition coefficient (Wildman–Crippen LogP) is 4.41. The highest BCUT2D eigenvalue weighted by atomic mass is 35.5. The number of carbonyl (C=O) groups excluding carboxylic acids is 1. The highest BCUT2D eigenvalue weighted by Crippen LogP contribution is 2.40. The topological polar surface area (TPSA) is 92.3 Å². The van der Waals surface area contributed by atoms with E-state index in [-0.39, 0.29) is 30.0 Å². The largest absolute Gasteiger partial charge is 0.454 e. The zero-order valence-corrected chi connectivity index (χ0v) is 23.8. The van der Waals surface area contributed by atoms with Gasteiger partial charge in [0, 0.05) is 37.3 Å². The van der Waals surface area contributed by atoms with Crippen LogP contribution in [0.5, 0.6) is 11.5 Å². The second-order valence-corrected chi connectivity index (χ2v) is 12.3. The van der Waals surface area contributed by atoms with Crippen molar-refractivity contribution in [3.63, 3.8) is 0 Å². The average Bonchev–Trinajstić information content (AvgIpc) is 3.65. The summed E-state index contributed by atoms with van der Waals surface area (Å²) in [5.74, 6) is 1.05. The van der Waals surface area contributed by atoms with Gasteiger partial charge in [-0.15, -0.1) is 12.4 Å². The lowest BCUT2D eigenvalue weighted by Gasteiger charge is -2.22. The maximum absolute atomic E-state index is 13.7. The molecule has 4 aromatic rings. The van der Waals surface area contributed by atoms with Crippen LogP contribution in [0, 0.1) is 0 Å². The quantitative estimate of drug-likeness (QED) is 0.317. The van der Waals surface area contributed by atoms with Gasteiger partial charge in [-0.2, -0.15) is 0 Å². The number of ether oxygens (including phenoxy) is 2. The lowest BCUT2D eigenvalue weighted by molar-refractivity contribution is 0.0985. The van der Waals surface area contributed by atoms with Crippen LogP contribution in [-0.4, -0.2) is 64.7 Å². The highest BCUT2D eigenvalue weighted by Gasteiger charge is 2.31. The molecule has 0 N–H and O–H groups in total. The molecular formula is C27H27ClN4O5S2. The van der Waals surface area contributed by atoms with Crippen molar-refractivity contribution in [3.8, 4) is 11.5 Å². The lowest BCUT2D eigenvalue weighted by atomic mass is 10.2. The summed E-state index contributed by atoms with van der Waals surface area (Å²) in [7, 11) is 0.139. The molecule has 0 atom stereocenters. The van der Waals surface area contributed by atoms with Crippen LogP contribution in [0.25, 0.3) is 10.2 Å². The van der Waals surface area contributed by atoms with Crippen molar-refractivity contribution in [2.24, 2.45) is 0 Å². The first kappa shape index (κ1) is 27.2. The second kappa shape index (κ2) is 10.6. The minimum atomic E-state index is -3.74. The van der Waals surface area contributed by atoms with Crippen molar-refractivity contribution in [1.29, 1.82) is 0 Å². The van der Waals surface area contributed by atoms with Crippen molar-refractivity contribution in [1.82, 2.24) is 9.88 Å². The van der Waals surface area contributed by atoms with E-state index < -0.39 is 10.0 Å². The Balaban J connectivity index is 0.00000308. The SMILES string of the molecule is CN(C)CCN(C(=O)c1ccc(S(=O)(=O)N2CCc3ccccc32)cc1)c1nc2cc3c(cc2s1)OCO3.Cl. The number of para-hydroxylation sites is 1. The van der Waals surface area contributed by atoms with Crippen LogP contribution in [0.3, 0.4) is 0 Å². The number of fused-ring (bicyclic) bond motifs is 3. The van der Waals surface area contributed by atoms with Crippen LogP contribution in [0.1, 0.15) is 15.9 Å². The monoisotopic (exact) mass is 586 g/mol. The fraction of sp³-hybridized carbons (Fsp3) is 0.259. The van der Waals surface area contributed by atoms with Crippen molar-refractivity contribution in [2.75, 3.05) is 49.7 Å². The van der Waals surface area contributed by atoms with Crippen LogP contribution in [0.15, 0.2) is 65.6 Å². The number of hydrogen-bond acceptors (Lipinski definition) is 8. The van der Waals surface area contributed by atoms with Gasteiger partial charge >= 0.3 is 0 Å². The second-order valence-electron chi connectivity index (χ2n) is 9.41. The van der Waals surface area contributed by atoms with Crippen molar-refractivity contribution in [3.05, 3.63) is 71.8 Å². The zero-order valence-electron chi connectivity index (χ0n) is 21.4. The van der Waals surface area contributed by atoms with Gasteiger partial charge in [-0.1, -0.05) is 29.5 Å². The van der Waals surface area contributed by atoms with Gasteiger partial charge in [0.15, 0.2) is 16.6 Å². The smallest absolute Gasteiger partial charge is 0.264 e. The van der Waals surface area contributed by atoms with E-state index in [0.29, 0.717) is 53.9 Å². The fourth-order valence-corrected chi connectivity index (χ4v) is 7.12. The van der Waals surface area contributed by atoms with Crippen LogP contribution in [0.4, 0.5) is 10.8 Å². The molecule has 12 heteroatoms. The molecule has 0 aliphatic carbocycles. The van der Waals surface area contributed by atoms with Crippen molar-refractivity contribution < 1.29 is 22.7 Å². The average molecular weight is 587 g/mol. The summed E-state index contributed by atoms with van der Waals surface area (Å²) in [4.78, 5) is 22.2. The molecule has 0 saturated carbocycles. The maximum atomic E-state index is 13.7. The van der Waals surface area contributed by atoms with E-state index in [2.05, 4.69) is 0 Å². The summed E-state index contributed by atoms with van der Waals surface area (Å²) in [6.45, 7) is 1.63. The normalized spacial score (nSPS) is 14.0. The number of halogens is 1. The Morgan fingerprint density at radius 2 is 1.74 bits per heavy atom. The van der Waals surface area contributed by atoms with Gasteiger partial charge in [-0.25, -0.2) is 13.4 Å². The molecule has 204 valence electrons. The molecule has 0 saturated heterocycles. The standard InChI is InChI=1S/C27H26N4O5S2.ClH/c1-29(2)13-14-30(27-28-21-15-23-24(36-17-35-23)16-25(21)37-27)26(32)19-7-9-20(10-8-19)38(33,34)31-12-11-18-5-3-4-6-22(18)31;/h3-10,15-16H,11-14,17H2,1-2H3;1H. The molecule has 2 aliphatic rings. The zero-order chi connectivity index (χ0) is 26.4. The Morgan fingerprint density at radius 3 is 2.49 bits per heavy atom. The van der Waals surface area contributed by atoms with E-state index in [4.69, 9.17) is 14.5 Å². The van der Waals surface area contributed by atoms with Gasteiger partial charge in [-0.05, 0) is 56.4 Å². The van der Waals surface area contributed by atoms with Gasteiger partial charge < -0.3 is 14.4 Å². The van der Waals surface area contributed by atoms with Gasteiger partial charge in [0.05, 0.1) is 20.8 Å². The Labute approximate surface area is 237 Å². The lowest BCUT2D eigenvalue weighted by Crippen LogP contribution is -2.36. The Morgan fingerprint density at radius 1 is 1.03 bits per heavy atom. The highest BCUT2D eigenvalue weighted by molar-refractivity contribution is 7.92. The molecule has 0 unspecified atom stereocenters. The Hall–Kier alpha value is -3.38. The van der Waals surface area contributed by atoms with Crippen molar-refractivity contribution >= 4 is 60.7 Å². The molecule has 3 aromatic carbocycles. The number of thiazole rings is 1. The Bertz CT molecular complexity index is 1600. The van der Waals surface area contributed by atoms with Gasteiger partial charge in [0.1, 0.15) is 0 Å². The number of likely N-dealkylation sites (N-methyl/N-ethyl adjacent to an activating group) is 1. The molecule has 3 heterocycles. The molecule has 0 fully saturated rings. The fourth-order valence-electron chi connectivity index (χ4n) is 4.62. The number of anilines is 2. The first-order chi connectivity index (χ1) is 18.3. The molecule has 6 rings (SSSR count). The third-order valence-corrected chi connectivity index (χ3v) is 9.52. The minimum absolute atomic E-state index is 0. The van der Waals surface area contributed by atoms with Crippen molar-refractivity contribution in [2.45, 2.75) is 11.3 Å².